The van der Waals surface area contributed by atoms with Crippen molar-refractivity contribution < 1.29 is 32.9 Å². The van der Waals surface area contributed by atoms with Crippen molar-refractivity contribution in [3.8, 4) is 0 Å². The summed E-state index contributed by atoms with van der Waals surface area (Å²) in [6.45, 7) is 3.66. The van der Waals surface area contributed by atoms with Crippen molar-refractivity contribution in [1.82, 2.24) is 5.32 Å². The van der Waals surface area contributed by atoms with Gasteiger partial charge in [0.15, 0.2) is 0 Å². The fourth-order valence-electron chi connectivity index (χ4n) is 6.04. The first-order valence-electron chi connectivity index (χ1n) is 21.3. The highest BCUT2D eigenvalue weighted by atomic mass is 31.2. The number of carbonyl (C=O) groups is 1. The highest BCUT2D eigenvalue weighted by Gasteiger charge is 2.22. The smallest absolute Gasteiger partial charge is 0.268 e. The minimum atomic E-state index is -4.55. The summed E-state index contributed by atoms with van der Waals surface area (Å²) in [6.07, 6.45) is 45.9. The van der Waals surface area contributed by atoms with E-state index in [1.807, 2.05) is 27.2 Å². The first-order valence-corrected chi connectivity index (χ1v) is 22.8. The van der Waals surface area contributed by atoms with Crippen molar-refractivity contribution in [2.24, 2.45) is 0 Å². The number of likely N-dealkylation sites (N-methyl/N-ethyl adjacent to an activating group) is 1. The fourth-order valence-corrected chi connectivity index (χ4v) is 6.77. The molecule has 0 aliphatic heterocycles. The summed E-state index contributed by atoms with van der Waals surface area (Å²) in [4.78, 5) is 23.7. The van der Waals surface area contributed by atoms with Crippen molar-refractivity contribution in [3.63, 3.8) is 0 Å². The molecule has 3 atom stereocenters. The molecule has 3 unspecified atom stereocenters. The maximum absolute atomic E-state index is 12.1. The minimum absolute atomic E-state index is 0.0129. The van der Waals surface area contributed by atoms with Crippen LogP contribution < -0.4 is 10.2 Å². The molecule has 0 fully saturated rings. The second kappa shape index (κ2) is 35.4. The predicted octanol–water partition coefficient (Wildman–Crippen LogP) is 10.9. The Kier molecular flexibility index (Phi) is 34.6. The second-order valence-electron chi connectivity index (χ2n) is 15.8. The van der Waals surface area contributed by atoms with Crippen LogP contribution >= 0.6 is 7.82 Å². The van der Waals surface area contributed by atoms with Crippen LogP contribution in [0.5, 0.6) is 0 Å². The first kappa shape index (κ1) is 50.7. The molecule has 0 bridgehead atoms. The van der Waals surface area contributed by atoms with Gasteiger partial charge in [-0.25, -0.2) is 0 Å². The van der Waals surface area contributed by atoms with Gasteiger partial charge in [0.25, 0.3) is 7.82 Å². The fraction of sp³-hybridized carbons (Fsp3) is 0.837. The monoisotopic (exact) mass is 755 g/mol. The molecule has 2 N–H and O–H groups in total. The number of unbranched alkanes of at least 4 members (excludes halogenated alkanes) is 23. The van der Waals surface area contributed by atoms with Crippen molar-refractivity contribution in [1.29, 1.82) is 0 Å². The molecule has 0 rings (SSSR count). The van der Waals surface area contributed by atoms with Crippen LogP contribution in [0.25, 0.3) is 0 Å². The maximum atomic E-state index is 12.1. The van der Waals surface area contributed by atoms with E-state index < -0.39 is 26.6 Å². The highest BCUT2D eigenvalue weighted by Crippen LogP contribution is 2.38. The third-order valence-electron chi connectivity index (χ3n) is 9.37. The van der Waals surface area contributed by atoms with Gasteiger partial charge in [-0.15, -0.1) is 0 Å². The second-order valence-corrected chi connectivity index (χ2v) is 17.2. The van der Waals surface area contributed by atoms with Gasteiger partial charge in [-0.05, 0) is 38.5 Å². The van der Waals surface area contributed by atoms with E-state index in [9.17, 15) is 19.4 Å². The normalized spacial score (nSPS) is 14.8. The van der Waals surface area contributed by atoms with E-state index in [1.54, 1.807) is 6.08 Å². The molecule has 9 heteroatoms. The third-order valence-corrected chi connectivity index (χ3v) is 10.3. The number of amides is 1. The van der Waals surface area contributed by atoms with E-state index in [1.165, 1.54) is 148 Å². The van der Waals surface area contributed by atoms with Gasteiger partial charge in [0.2, 0.25) is 5.91 Å². The van der Waals surface area contributed by atoms with Crippen molar-refractivity contribution in [3.05, 3.63) is 36.5 Å². The molecule has 0 radical (unpaired) electrons. The zero-order chi connectivity index (χ0) is 38.6. The van der Waals surface area contributed by atoms with Gasteiger partial charge < -0.3 is 28.8 Å². The number of aliphatic hydroxyl groups is 1. The molecule has 0 saturated carbocycles. The lowest BCUT2D eigenvalue weighted by Crippen LogP contribution is -2.45. The standard InChI is InChI=1S/C43H83N2O6P/c1-6-7-8-9-10-11-12-13-14-15-16-17-18-19-20-21-22-23-24-25-26-27-28-29-30-31-32-33-34-35-36-37-43(47)42(44-41(2)46)40-51-52(48,49)50-39-38-45(3,4)5/h28-29,32-33,36-37,42-43,47H,6-27,30-31,34-35,38-40H2,1-5H3,(H-,44,46,48,49)/b29-28+,33-32+,37-36+. The van der Waals surface area contributed by atoms with Crippen LogP contribution in [0.3, 0.4) is 0 Å². The van der Waals surface area contributed by atoms with E-state index in [4.69, 9.17) is 9.05 Å². The van der Waals surface area contributed by atoms with Crippen LogP contribution in [-0.2, 0) is 18.4 Å². The number of quaternary nitrogens is 1. The van der Waals surface area contributed by atoms with Gasteiger partial charge in [0.05, 0.1) is 39.9 Å². The zero-order valence-corrected chi connectivity index (χ0v) is 35.4. The van der Waals surface area contributed by atoms with Crippen LogP contribution in [0, 0.1) is 0 Å². The lowest BCUT2D eigenvalue weighted by Gasteiger charge is -2.29. The highest BCUT2D eigenvalue weighted by molar-refractivity contribution is 7.45. The topological polar surface area (TPSA) is 108 Å². The molecule has 52 heavy (non-hydrogen) atoms. The summed E-state index contributed by atoms with van der Waals surface area (Å²) in [5.41, 5.74) is 0. The van der Waals surface area contributed by atoms with E-state index in [-0.39, 0.29) is 12.5 Å². The molecule has 0 aromatic carbocycles. The number of hydrogen-bond donors (Lipinski definition) is 2. The van der Waals surface area contributed by atoms with Gasteiger partial charge in [-0.1, -0.05) is 172 Å². The van der Waals surface area contributed by atoms with Crippen LogP contribution in [0.4, 0.5) is 0 Å². The summed E-state index contributed by atoms with van der Waals surface area (Å²) >= 11 is 0. The lowest BCUT2D eigenvalue weighted by atomic mass is 10.0. The van der Waals surface area contributed by atoms with Crippen LogP contribution in [0.1, 0.15) is 181 Å². The molecule has 0 aliphatic carbocycles. The lowest BCUT2D eigenvalue weighted by molar-refractivity contribution is -0.870. The van der Waals surface area contributed by atoms with E-state index in [2.05, 4.69) is 36.5 Å². The number of allylic oxidation sites excluding steroid dienone is 5. The van der Waals surface area contributed by atoms with E-state index in [0.717, 1.165) is 25.7 Å². The zero-order valence-electron chi connectivity index (χ0n) is 34.5. The molecule has 306 valence electrons. The summed E-state index contributed by atoms with van der Waals surface area (Å²) < 4.78 is 22.5. The number of phosphoric acid groups is 1. The van der Waals surface area contributed by atoms with Gasteiger partial charge in [-0.3, -0.25) is 9.36 Å². The van der Waals surface area contributed by atoms with Gasteiger partial charge in [0, 0.05) is 6.92 Å². The summed E-state index contributed by atoms with van der Waals surface area (Å²) in [5.74, 6) is -0.388. The van der Waals surface area contributed by atoms with Crippen molar-refractivity contribution in [2.45, 2.75) is 193 Å². The largest absolute Gasteiger partial charge is 0.756 e. The molecule has 0 spiro atoms. The Bertz CT molecular complexity index is 948. The summed E-state index contributed by atoms with van der Waals surface area (Å²) in [6, 6.07) is -0.908. The van der Waals surface area contributed by atoms with Crippen molar-refractivity contribution >= 4 is 13.7 Å². The average Bonchev–Trinajstić information content (AvgIpc) is 3.08. The van der Waals surface area contributed by atoms with Crippen molar-refractivity contribution in [2.75, 3.05) is 40.9 Å². The van der Waals surface area contributed by atoms with Gasteiger partial charge in [-0.2, -0.15) is 0 Å². The maximum Gasteiger partial charge on any atom is 0.268 e. The Morgan fingerprint density at radius 2 is 1.04 bits per heavy atom. The quantitative estimate of drug-likeness (QED) is 0.0281. The number of rotatable bonds is 38. The Labute approximate surface area is 321 Å². The first-order chi connectivity index (χ1) is 25.0. The number of carbonyl (C=O) groups excluding carboxylic acids is 1. The van der Waals surface area contributed by atoms with Gasteiger partial charge in [0.1, 0.15) is 13.2 Å². The molecule has 0 aliphatic rings. The predicted molar refractivity (Wildman–Crippen MR) is 219 cm³/mol. The van der Waals surface area contributed by atoms with E-state index in [0.29, 0.717) is 11.0 Å². The number of hydrogen-bond acceptors (Lipinski definition) is 6. The van der Waals surface area contributed by atoms with Crippen LogP contribution in [0.2, 0.25) is 0 Å². The van der Waals surface area contributed by atoms with Crippen LogP contribution in [-0.4, -0.2) is 68.5 Å². The van der Waals surface area contributed by atoms with Gasteiger partial charge >= 0.3 is 0 Å². The molecule has 8 nitrogen and oxygen atoms in total. The molecule has 0 heterocycles. The van der Waals surface area contributed by atoms with E-state index >= 15 is 0 Å². The molecule has 1 amide bonds. The Balaban J connectivity index is 3.71. The molecule has 0 saturated heterocycles. The summed E-state index contributed by atoms with van der Waals surface area (Å²) in [7, 11) is 1.22. The number of phosphoric ester groups is 1. The molecule has 0 aromatic rings. The Morgan fingerprint density at radius 3 is 1.44 bits per heavy atom. The third kappa shape index (κ3) is 38.4. The number of nitrogens with zero attached hydrogens (tertiary/aromatic N) is 1. The molecule has 0 aromatic heterocycles. The SMILES string of the molecule is CCCCCCCCCCCCCCCCCCCCCCC/C=C/CC/C=C/CC/C=C/C(O)C(COP(=O)([O-])OCC[N+](C)(C)C)NC(C)=O. The minimum Gasteiger partial charge on any atom is -0.756 e. The average molecular weight is 755 g/mol. The Hall–Kier alpha value is -1.28. The Morgan fingerprint density at radius 1 is 0.654 bits per heavy atom. The van der Waals surface area contributed by atoms with Crippen LogP contribution in [0.15, 0.2) is 36.5 Å². The summed E-state index contributed by atoms with van der Waals surface area (Å²) in [5, 5.41) is 13.1. The molecular formula is C43H83N2O6P. The number of aliphatic hydroxyl groups excluding tert-OH is 1. The molecular weight excluding hydrogens is 671 g/mol. The number of nitrogens with one attached hydrogen (secondary N) is 1.